The maximum absolute atomic E-state index is 12.9. The Labute approximate surface area is 153 Å². The highest BCUT2D eigenvalue weighted by Gasteiger charge is 2.19. The number of nitrogens with zero attached hydrogens (tertiary/aromatic N) is 2. The molecule has 0 aliphatic rings. The predicted octanol–water partition coefficient (Wildman–Crippen LogP) is 4.28. The number of benzene rings is 2. The molecule has 0 amide bonds. The van der Waals surface area contributed by atoms with Crippen molar-refractivity contribution < 1.29 is 12.9 Å². The first-order valence-corrected chi connectivity index (χ1v) is 9.79. The first-order valence-electron chi connectivity index (χ1n) is 8.30. The lowest BCUT2D eigenvalue weighted by atomic mass is 10.0. The number of hydrogen-bond acceptors (Lipinski definition) is 5. The van der Waals surface area contributed by atoms with Gasteiger partial charge in [0.15, 0.2) is 0 Å². The Hall–Kier alpha value is -2.67. The second-order valence-corrected chi connectivity index (χ2v) is 8.15. The van der Waals surface area contributed by atoms with Gasteiger partial charge < -0.3 is 4.52 Å². The molecule has 0 unspecified atom stereocenters. The largest absolute Gasteiger partial charge is 0.339 e. The Kier molecular flexibility index (Phi) is 4.82. The normalized spacial score (nSPS) is 11.7. The van der Waals surface area contributed by atoms with E-state index in [1.807, 2.05) is 12.1 Å². The maximum atomic E-state index is 12.9. The zero-order valence-electron chi connectivity index (χ0n) is 15.1. The molecular formula is C19H21N3O3S. The van der Waals surface area contributed by atoms with Gasteiger partial charge in [0.2, 0.25) is 11.7 Å². The summed E-state index contributed by atoms with van der Waals surface area (Å²) in [5, 5.41) is 3.85. The highest BCUT2D eigenvalue weighted by atomic mass is 32.2. The van der Waals surface area contributed by atoms with Gasteiger partial charge in [-0.1, -0.05) is 43.3 Å². The first-order chi connectivity index (χ1) is 12.3. The number of aromatic nitrogens is 2. The van der Waals surface area contributed by atoms with Crippen LogP contribution in [0.1, 0.15) is 36.8 Å². The topological polar surface area (TPSA) is 85.1 Å². The average Bonchev–Trinajstić information content (AvgIpc) is 3.01. The van der Waals surface area contributed by atoms with Crippen LogP contribution >= 0.6 is 0 Å². The molecule has 2 aromatic carbocycles. The van der Waals surface area contributed by atoms with Crippen LogP contribution in [0, 0.1) is 13.8 Å². The van der Waals surface area contributed by atoms with Crippen LogP contribution in [0.2, 0.25) is 0 Å². The molecule has 7 heteroatoms. The van der Waals surface area contributed by atoms with E-state index in [1.54, 1.807) is 44.2 Å². The smallest absolute Gasteiger partial charge is 0.262 e. The van der Waals surface area contributed by atoms with E-state index >= 15 is 0 Å². The molecule has 0 saturated heterocycles. The first kappa shape index (κ1) is 18.1. The highest BCUT2D eigenvalue weighted by molar-refractivity contribution is 7.92. The molecule has 3 aromatic rings. The van der Waals surface area contributed by atoms with Crippen molar-refractivity contribution >= 4 is 15.7 Å². The lowest BCUT2D eigenvalue weighted by molar-refractivity contribution is 0.394. The zero-order valence-corrected chi connectivity index (χ0v) is 16.0. The van der Waals surface area contributed by atoms with E-state index in [4.69, 9.17) is 4.52 Å². The number of rotatable bonds is 5. The fraction of sp³-hybridized carbons (Fsp3) is 0.263. The minimum absolute atomic E-state index is 0.186. The molecule has 0 saturated carbocycles. The minimum atomic E-state index is -3.74. The van der Waals surface area contributed by atoms with Crippen LogP contribution in [0.15, 0.2) is 51.9 Å². The summed E-state index contributed by atoms with van der Waals surface area (Å²) in [6.07, 6.45) is 0. The fourth-order valence-electron chi connectivity index (χ4n) is 2.59. The molecule has 1 heterocycles. The third kappa shape index (κ3) is 3.77. The van der Waals surface area contributed by atoms with Crippen LogP contribution in [0.4, 0.5) is 5.69 Å². The van der Waals surface area contributed by atoms with Crippen molar-refractivity contribution in [2.45, 2.75) is 38.5 Å². The van der Waals surface area contributed by atoms with E-state index in [2.05, 4.69) is 28.7 Å². The SMILES string of the molecule is Cc1nc(-c2ccc(C)c(S(=O)(=O)Nc3ccc(C(C)C)cc3)c2)no1. The Balaban J connectivity index is 1.93. The molecule has 0 fully saturated rings. The monoisotopic (exact) mass is 371 g/mol. The van der Waals surface area contributed by atoms with E-state index in [1.165, 1.54) is 0 Å². The van der Waals surface area contributed by atoms with Crippen molar-refractivity contribution in [3.63, 3.8) is 0 Å². The van der Waals surface area contributed by atoms with E-state index < -0.39 is 10.0 Å². The van der Waals surface area contributed by atoms with E-state index in [-0.39, 0.29) is 4.90 Å². The van der Waals surface area contributed by atoms with Gasteiger partial charge in [-0.2, -0.15) is 4.98 Å². The minimum Gasteiger partial charge on any atom is -0.339 e. The van der Waals surface area contributed by atoms with E-state index in [9.17, 15) is 8.42 Å². The molecular weight excluding hydrogens is 350 g/mol. The summed E-state index contributed by atoms with van der Waals surface area (Å²) in [7, 11) is -3.74. The third-order valence-electron chi connectivity index (χ3n) is 4.09. The van der Waals surface area contributed by atoms with Gasteiger partial charge in [0.1, 0.15) is 0 Å². The molecule has 0 aliphatic carbocycles. The molecule has 136 valence electrons. The molecule has 0 bridgehead atoms. The van der Waals surface area contributed by atoms with Gasteiger partial charge in [-0.05, 0) is 42.2 Å². The summed E-state index contributed by atoms with van der Waals surface area (Å²) in [4.78, 5) is 4.34. The van der Waals surface area contributed by atoms with Gasteiger partial charge in [0.25, 0.3) is 10.0 Å². The Bertz CT molecular complexity index is 1020. The number of hydrogen-bond donors (Lipinski definition) is 1. The van der Waals surface area contributed by atoms with Crippen LogP contribution in [0.25, 0.3) is 11.4 Å². The second-order valence-electron chi connectivity index (χ2n) is 6.50. The molecule has 0 aliphatic heterocycles. The standard InChI is InChI=1S/C19H21N3O3S/c1-12(2)15-7-9-17(10-8-15)22-26(23,24)18-11-16(6-5-13(18)3)19-20-14(4)25-21-19/h5-12,22H,1-4H3. The maximum Gasteiger partial charge on any atom is 0.262 e. The number of nitrogens with one attached hydrogen (secondary N) is 1. The Morgan fingerprint density at radius 1 is 1.04 bits per heavy atom. The van der Waals surface area contributed by atoms with Gasteiger partial charge in [-0.25, -0.2) is 8.42 Å². The number of anilines is 1. The van der Waals surface area contributed by atoms with E-state index in [0.29, 0.717) is 34.4 Å². The summed E-state index contributed by atoms with van der Waals surface area (Å²) < 4.78 is 33.3. The van der Waals surface area contributed by atoms with Gasteiger partial charge in [0, 0.05) is 18.2 Å². The van der Waals surface area contributed by atoms with Crippen molar-refractivity contribution in [1.82, 2.24) is 10.1 Å². The number of sulfonamides is 1. The zero-order chi connectivity index (χ0) is 18.9. The van der Waals surface area contributed by atoms with Gasteiger partial charge in [-0.15, -0.1) is 0 Å². The summed E-state index contributed by atoms with van der Waals surface area (Å²) in [5.74, 6) is 1.17. The molecule has 1 N–H and O–H groups in total. The van der Waals surface area contributed by atoms with Crippen molar-refractivity contribution in [2.24, 2.45) is 0 Å². The molecule has 0 atom stereocenters. The quantitative estimate of drug-likeness (QED) is 0.723. The molecule has 0 radical (unpaired) electrons. The van der Waals surface area contributed by atoms with Crippen LogP contribution < -0.4 is 4.72 Å². The summed E-state index contributed by atoms with van der Waals surface area (Å²) >= 11 is 0. The molecule has 1 aromatic heterocycles. The second kappa shape index (κ2) is 6.92. The summed E-state index contributed by atoms with van der Waals surface area (Å²) in [6.45, 7) is 7.62. The van der Waals surface area contributed by atoms with E-state index in [0.717, 1.165) is 5.56 Å². The lowest BCUT2D eigenvalue weighted by Crippen LogP contribution is -2.14. The van der Waals surface area contributed by atoms with Crippen LogP contribution in [-0.4, -0.2) is 18.6 Å². The van der Waals surface area contributed by atoms with Gasteiger partial charge in [0.05, 0.1) is 4.90 Å². The van der Waals surface area contributed by atoms with Gasteiger partial charge >= 0.3 is 0 Å². The molecule has 6 nitrogen and oxygen atoms in total. The highest BCUT2D eigenvalue weighted by Crippen LogP contribution is 2.26. The Morgan fingerprint density at radius 3 is 2.31 bits per heavy atom. The van der Waals surface area contributed by atoms with Crippen molar-refractivity contribution in [3.05, 3.63) is 59.5 Å². The number of aryl methyl sites for hydroxylation is 2. The van der Waals surface area contributed by atoms with Crippen LogP contribution in [-0.2, 0) is 10.0 Å². The Morgan fingerprint density at radius 2 is 1.73 bits per heavy atom. The lowest BCUT2D eigenvalue weighted by Gasteiger charge is -2.12. The van der Waals surface area contributed by atoms with Crippen molar-refractivity contribution in [1.29, 1.82) is 0 Å². The van der Waals surface area contributed by atoms with Crippen LogP contribution in [0.5, 0.6) is 0 Å². The van der Waals surface area contributed by atoms with Gasteiger partial charge in [-0.3, -0.25) is 4.72 Å². The molecule has 0 spiro atoms. The third-order valence-corrected chi connectivity index (χ3v) is 5.62. The summed E-state index contributed by atoms with van der Waals surface area (Å²) in [6, 6.07) is 12.5. The predicted molar refractivity (Wildman–Crippen MR) is 101 cm³/mol. The average molecular weight is 371 g/mol. The molecule has 26 heavy (non-hydrogen) atoms. The fourth-order valence-corrected chi connectivity index (χ4v) is 3.92. The summed E-state index contributed by atoms with van der Waals surface area (Å²) in [5.41, 5.74) is 2.90. The van der Waals surface area contributed by atoms with Crippen LogP contribution in [0.3, 0.4) is 0 Å². The van der Waals surface area contributed by atoms with Crippen molar-refractivity contribution in [2.75, 3.05) is 4.72 Å². The van der Waals surface area contributed by atoms with Crippen molar-refractivity contribution in [3.8, 4) is 11.4 Å². The molecule has 3 rings (SSSR count).